The largest absolute Gasteiger partial charge is 0.465 e. The summed E-state index contributed by atoms with van der Waals surface area (Å²) in [5.74, 6) is 0.232. The van der Waals surface area contributed by atoms with Crippen LogP contribution in [-0.2, 0) is 16.0 Å². The first-order valence-electron chi connectivity index (χ1n) is 15.3. The summed E-state index contributed by atoms with van der Waals surface area (Å²) in [6.07, 6.45) is 6.28. The second-order valence-electron chi connectivity index (χ2n) is 10.9. The van der Waals surface area contributed by atoms with Crippen LogP contribution in [0.1, 0.15) is 73.9 Å². The van der Waals surface area contributed by atoms with E-state index in [0.29, 0.717) is 17.8 Å². The van der Waals surface area contributed by atoms with Gasteiger partial charge in [0.15, 0.2) is 5.82 Å². The number of aromatic nitrogens is 4. The van der Waals surface area contributed by atoms with Gasteiger partial charge in [0.25, 0.3) is 0 Å². The molecular formula is C35H40N6O3. The van der Waals surface area contributed by atoms with Crippen molar-refractivity contribution >= 4 is 11.7 Å². The highest BCUT2D eigenvalue weighted by molar-refractivity contribution is 6.14. The molecule has 1 aromatic heterocycles. The van der Waals surface area contributed by atoms with Gasteiger partial charge < -0.3 is 4.74 Å². The highest BCUT2D eigenvalue weighted by atomic mass is 16.7. The maximum atomic E-state index is 12.4. The van der Waals surface area contributed by atoms with E-state index in [1.807, 2.05) is 41.5 Å². The van der Waals surface area contributed by atoms with Crippen LogP contribution in [0.3, 0.4) is 0 Å². The molecular weight excluding hydrogens is 552 g/mol. The van der Waals surface area contributed by atoms with Crippen LogP contribution in [0.2, 0.25) is 0 Å². The van der Waals surface area contributed by atoms with Gasteiger partial charge in [0, 0.05) is 28.8 Å². The van der Waals surface area contributed by atoms with E-state index in [9.17, 15) is 4.79 Å². The zero-order valence-electron chi connectivity index (χ0n) is 25.9. The third kappa shape index (κ3) is 6.78. The lowest BCUT2D eigenvalue weighted by molar-refractivity contribution is -0.136. The molecule has 0 fully saturated rings. The van der Waals surface area contributed by atoms with Gasteiger partial charge in [-0.3, -0.25) is 9.83 Å². The van der Waals surface area contributed by atoms with Crippen molar-refractivity contribution in [2.45, 2.75) is 65.0 Å². The summed E-state index contributed by atoms with van der Waals surface area (Å²) in [5, 5.41) is 17.0. The molecule has 0 saturated heterocycles. The molecule has 3 aromatic carbocycles. The number of benzene rings is 3. The van der Waals surface area contributed by atoms with E-state index >= 15 is 0 Å². The first kappa shape index (κ1) is 30.8. The normalized spacial score (nSPS) is 15.0. The zero-order valence-corrected chi connectivity index (χ0v) is 25.9. The fourth-order valence-corrected chi connectivity index (χ4v) is 5.73. The molecule has 1 aliphatic rings. The van der Waals surface area contributed by atoms with Crippen molar-refractivity contribution in [3.05, 3.63) is 101 Å². The SMILES string of the molecule is CCCCC1=C(Cc2cccc(C(=O)OC)c2)C(c2ccc(-c3ccccc3)c(-c3nnn[nH]3)c2)=NC(CCCC)N1OC. The number of esters is 1. The Balaban J connectivity index is 1.69. The van der Waals surface area contributed by atoms with E-state index in [1.54, 1.807) is 13.2 Å². The van der Waals surface area contributed by atoms with Gasteiger partial charge >= 0.3 is 5.97 Å². The molecule has 2 heterocycles. The number of carbonyl (C=O) groups excluding carboxylic acids is 1. The molecule has 9 nitrogen and oxygen atoms in total. The number of tetrazole rings is 1. The number of allylic oxidation sites excluding steroid dienone is 2. The van der Waals surface area contributed by atoms with E-state index in [4.69, 9.17) is 14.6 Å². The quantitative estimate of drug-likeness (QED) is 0.164. The van der Waals surface area contributed by atoms with Crippen LogP contribution in [-0.4, -0.2) is 57.8 Å². The highest BCUT2D eigenvalue weighted by Crippen LogP contribution is 2.36. The predicted octanol–water partition coefficient (Wildman–Crippen LogP) is 7.19. The average molecular weight is 593 g/mol. The van der Waals surface area contributed by atoms with Crippen molar-refractivity contribution in [1.29, 1.82) is 0 Å². The van der Waals surface area contributed by atoms with Gasteiger partial charge in [-0.25, -0.2) is 15.0 Å². The van der Waals surface area contributed by atoms with Gasteiger partial charge in [0.05, 0.1) is 25.5 Å². The van der Waals surface area contributed by atoms with E-state index < -0.39 is 0 Å². The third-order valence-electron chi connectivity index (χ3n) is 7.94. The number of hydroxylamine groups is 2. The number of rotatable bonds is 13. The van der Waals surface area contributed by atoms with E-state index in [0.717, 1.165) is 83.3 Å². The number of carbonyl (C=O) groups is 1. The first-order valence-corrected chi connectivity index (χ1v) is 15.3. The fraction of sp³-hybridized carbons (Fsp3) is 0.343. The standard InChI is InChI=1S/C35H40N6O3/c1-5-7-17-31-30(22-24-13-12-16-27(21-24)35(42)43-3)33(36-32(18-8-6-2)41(31)44-4)26-19-20-28(25-14-10-9-11-15-25)29(23-26)34-37-39-40-38-34/h9-16,19-21,23,32H,5-8,17-18,22H2,1-4H3,(H,37,38,39,40). The fourth-order valence-electron chi connectivity index (χ4n) is 5.73. The first-order chi connectivity index (χ1) is 21.6. The number of aromatic amines is 1. The molecule has 0 aliphatic carbocycles. The third-order valence-corrected chi connectivity index (χ3v) is 7.94. The molecule has 0 spiro atoms. The minimum absolute atomic E-state index is 0.156. The van der Waals surface area contributed by atoms with Gasteiger partial charge in [0.1, 0.15) is 6.17 Å². The number of nitrogens with zero attached hydrogens (tertiary/aromatic N) is 5. The number of aliphatic imine (C=N–C) groups is 1. The van der Waals surface area contributed by atoms with Crippen molar-refractivity contribution in [3.8, 4) is 22.5 Å². The Labute approximate surface area is 259 Å². The minimum Gasteiger partial charge on any atom is -0.465 e. The average Bonchev–Trinajstić information content (AvgIpc) is 3.62. The van der Waals surface area contributed by atoms with Crippen molar-refractivity contribution < 1.29 is 14.4 Å². The molecule has 44 heavy (non-hydrogen) atoms. The number of hydrogen-bond donors (Lipinski definition) is 1. The van der Waals surface area contributed by atoms with Gasteiger partial charge in [0.2, 0.25) is 0 Å². The lowest BCUT2D eigenvalue weighted by Gasteiger charge is -2.37. The summed E-state index contributed by atoms with van der Waals surface area (Å²) in [4.78, 5) is 23.8. The van der Waals surface area contributed by atoms with Crippen LogP contribution in [0.25, 0.3) is 22.5 Å². The van der Waals surface area contributed by atoms with Crippen molar-refractivity contribution in [3.63, 3.8) is 0 Å². The summed E-state index contributed by atoms with van der Waals surface area (Å²) in [5.41, 5.74) is 8.59. The Hall–Kier alpha value is -4.63. The Morgan fingerprint density at radius 2 is 1.73 bits per heavy atom. The number of hydrogen-bond acceptors (Lipinski definition) is 8. The van der Waals surface area contributed by atoms with Crippen LogP contribution in [0.15, 0.2) is 89.1 Å². The van der Waals surface area contributed by atoms with Crippen LogP contribution in [0.5, 0.6) is 0 Å². The number of unbranched alkanes of at least 4 members (excludes halogenated alkanes) is 2. The van der Waals surface area contributed by atoms with Crippen LogP contribution < -0.4 is 0 Å². The number of methoxy groups -OCH3 is 1. The predicted molar refractivity (Wildman–Crippen MR) is 172 cm³/mol. The van der Waals surface area contributed by atoms with Crippen molar-refractivity contribution in [2.75, 3.05) is 14.2 Å². The number of H-pyrrole nitrogens is 1. The molecule has 0 radical (unpaired) electrons. The molecule has 0 bridgehead atoms. The highest BCUT2D eigenvalue weighted by Gasteiger charge is 2.31. The Kier molecular flexibility index (Phi) is 10.3. The second-order valence-corrected chi connectivity index (χ2v) is 10.9. The molecule has 228 valence electrons. The molecule has 1 atom stereocenters. The van der Waals surface area contributed by atoms with Crippen molar-refractivity contribution in [1.82, 2.24) is 25.7 Å². The molecule has 0 saturated carbocycles. The monoisotopic (exact) mass is 592 g/mol. The maximum Gasteiger partial charge on any atom is 0.337 e. The Morgan fingerprint density at radius 1 is 0.909 bits per heavy atom. The van der Waals surface area contributed by atoms with Gasteiger partial charge in [-0.15, -0.1) is 5.10 Å². The van der Waals surface area contributed by atoms with Crippen molar-refractivity contribution in [2.24, 2.45) is 4.99 Å². The second kappa shape index (κ2) is 14.7. The zero-order chi connectivity index (χ0) is 30.9. The topological polar surface area (TPSA) is 106 Å². The number of ether oxygens (including phenoxy) is 1. The van der Waals surface area contributed by atoms with Crippen LogP contribution in [0.4, 0.5) is 0 Å². The summed E-state index contributed by atoms with van der Waals surface area (Å²) < 4.78 is 5.01. The molecule has 9 heteroatoms. The minimum atomic E-state index is -0.357. The van der Waals surface area contributed by atoms with Crippen LogP contribution in [0, 0.1) is 0 Å². The van der Waals surface area contributed by atoms with E-state index in [1.165, 1.54) is 7.11 Å². The van der Waals surface area contributed by atoms with Crippen LogP contribution >= 0.6 is 0 Å². The lowest BCUT2D eigenvalue weighted by atomic mass is 9.88. The molecule has 0 amide bonds. The van der Waals surface area contributed by atoms with E-state index in [2.05, 4.69) is 64.8 Å². The maximum absolute atomic E-state index is 12.4. The molecule has 1 N–H and O–H groups in total. The summed E-state index contributed by atoms with van der Waals surface area (Å²) >= 11 is 0. The van der Waals surface area contributed by atoms with E-state index in [-0.39, 0.29) is 12.1 Å². The molecule has 1 aliphatic heterocycles. The summed E-state index contributed by atoms with van der Waals surface area (Å²) in [6, 6.07) is 24.2. The summed E-state index contributed by atoms with van der Waals surface area (Å²) in [7, 11) is 3.13. The lowest BCUT2D eigenvalue weighted by Crippen LogP contribution is -2.39. The molecule has 5 rings (SSSR count). The van der Waals surface area contributed by atoms with Gasteiger partial charge in [-0.05, 0) is 71.0 Å². The summed E-state index contributed by atoms with van der Waals surface area (Å²) in [6.45, 7) is 4.39. The Morgan fingerprint density at radius 3 is 2.43 bits per heavy atom. The van der Waals surface area contributed by atoms with Gasteiger partial charge in [-0.2, -0.15) is 0 Å². The number of nitrogens with one attached hydrogen (secondary N) is 1. The molecule has 1 unspecified atom stereocenters. The Bertz CT molecular complexity index is 1610. The van der Waals surface area contributed by atoms with Gasteiger partial charge in [-0.1, -0.05) is 81.3 Å². The molecule has 4 aromatic rings. The smallest absolute Gasteiger partial charge is 0.337 e.